The highest BCUT2D eigenvalue weighted by Gasteiger charge is 2.24. The molecular formula is C20H36N4O2S. The largest absolute Gasteiger partial charge is 0.279 e. The number of sulfonamides is 1. The van der Waals surface area contributed by atoms with Crippen LogP contribution in [0.3, 0.4) is 0 Å². The number of hydrogen-bond donors (Lipinski definition) is 1. The molecule has 27 heavy (non-hydrogen) atoms. The van der Waals surface area contributed by atoms with Crippen LogP contribution in [0, 0.1) is 18.8 Å². The second-order valence-corrected chi connectivity index (χ2v) is 9.56. The number of aryl methyl sites for hydroxylation is 1. The van der Waals surface area contributed by atoms with E-state index in [0.717, 1.165) is 31.5 Å². The first-order valence-electron chi connectivity index (χ1n) is 9.88. The molecule has 7 heteroatoms. The summed E-state index contributed by atoms with van der Waals surface area (Å²) in [6.45, 7) is 15.8. The van der Waals surface area contributed by atoms with Gasteiger partial charge in [-0.1, -0.05) is 39.0 Å². The smallest absolute Gasteiger partial charge is 0.243 e. The van der Waals surface area contributed by atoms with Crippen molar-refractivity contribution >= 4 is 15.7 Å². The van der Waals surface area contributed by atoms with Crippen molar-refractivity contribution in [1.29, 1.82) is 0 Å². The molecule has 0 aliphatic rings. The lowest BCUT2D eigenvalue weighted by molar-refractivity contribution is 0.300. The molecule has 1 rings (SSSR count). The van der Waals surface area contributed by atoms with Crippen molar-refractivity contribution in [3.8, 4) is 0 Å². The molecule has 1 aromatic rings. The Morgan fingerprint density at radius 2 is 1.59 bits per heavy atom. The molecule has 0 atom stereocenters. The summed E-state index contributed by atoms with van der Waals surface area (Å²) in [5.41, 5.74) is 1.32. The fourth-order valence-corrected chi connectivity index (χ4v) is 4.39. The normalized spacial score (nSPS) is 12.7. The van der Waals surface area contributed by atoms with Crippen LogP contribution in [0.15, 0.2) is 33.4 Å². The van der Waals surface area contributed by atoms with E-state index in [9.17, 15) is 8.42 Å². The van der Waals surface area contributed by atoms with Crippen molar-refractivity contribution in [2.24, 2.45) is 22.2 Å². The van der Waals surface area contributed by atoms with E-state index in [1.54, 1.807) is 23.2 Å². The Hall–Kier alpha value is -1.47. The van der Waals surface area contributed by atoms with E-state index in [1.807, 2.05) is 20.8 Å². The molecule has 1 N–H and O–H groups in total. The molecule has 0 aromatic heterocycles. The van der Waals surface area contributed by atoms with Crippen LogP contribution in [0.1, 0.15) is 59.9 Å². The van der Waals surface area contributed by atoms with Gasteiger partial charge >= 0.3 is 0 Å². The van der Waals surface area contributed by atoms with Gasteiger partial charge in [0.1, 0.15) is 10.6 Å². The van der Waals surface area contributed by atoms with Gasteiger partial charge in [-0.05, 0) is 63.1 Å². The van der Waals surface area contributed by atoms with Crippen LogP contribution < -0.4 is 4.72 Å². The molecule has 154 valence electrons. The highest BCUT2D eigenvalue weighted by molar-refractivity contribution is 7.89. The van der Waals surface area contributed by atoms with E-state index in [2.05, 4.69) is 42.8 Å². The van der Waals surface area contributed by atoms with Crippen LogP contribution in [0.5, 0.6) is 0 Å². The quantitative estimate of drug-likeness (QED) is 0.419. The van der Waals surface area contributed by atoms with Gasteiger partial charge in [-0.25, -0.2) is 13.1 Å². The SMILES string of the molecule is CCN(CC)N=Nc1cc(C)ccc1S(=O)(=O)NC(CC(C)C)CC(C)C. The fourth-order valence-electron chi connectivity index (χ4n) is 3.01. The Morgan fingerprint density at radius 3 is 2.07 bits per heavy atom. The molecule has 6 nitrogen and oxygen atoms in total. The maximum atomic E-state index is 13.1. The molecule has 0 fully saturated rings. The van der Waals surface area contributed by atoms with Gasteiger partial charge in [-0.3, -0.25) is 5.01 Å². The lowest BCUT2D eigenvalue weighted by Gasteiger charge is -2.22. The summed E-state index contributed by atoms with van der Waals surface area (Å²) in [5.74, 6) is 0.826. The Morgan fingerprint density at radius 1 is 1.04 bits per heavy atom. The minimum atomic E-state index is -3.68. The highest BCUT2D eigenvalue weighted by Crippen LogP contribution is 2.27. The van der Waals surface area contributed by atoms with Crippen molar-refractivity contribution in [1.82, 2.24) is 9.73 Å². The highest BCUT2D eigenvalue weighted by atomic mass is 32.2. The van der Waals surface area contributed by atoms with Gasteiger partial charge in [0.15, 0.2) is 0 Å². The molecule has 0 amide bonds. The number of nitrogens with one attached hydrogen (secondary N) is 1. The zero-order chi connectivity index (χ0) is 20.6. The Bertz CT molecular complexity index is 701. The number of rotatable bonds is 11. The van der Waals surface area contributed by atoms with Gasteiger partial charge in [0.25, 0.3) is 0 Å². The minimum absolute atomic E-state index is 0.0936. The lowest BCUT2D eigenvalue weighted by atomic mass is 9.97. The molecule has 0 radical (unpaired) electrons. The predicted molar refractivity (Wildman–Crippen MR) is 112 cm³/mol. The minimum Gasteiger partial charge on any atom is -0.279 e. The van der Waals surface area contributed by atoms with Gasteiger partial charge in [0, 0.05) is 19.1 Å². The summed E-state index contributed by atoms with van der Waals surface area (Å²) >= 11 is 0. The van der Waals surface area contributed by atoms with Gasteiger partial charge in [0.05, 0.1) is 0 Å². The van der Waals surface area contributed by atoms with E-state index in [0.29, 0.717) is 17.5 Å². The van der Waals surface area contributed by atoms with E-state index in [1.165, 1.54) is 0 Å². The first-order valence-corrected chi connectivity index (χ1v) is 11.4. The van der Waals surface area contributed by atoms with Crippen molar-refractivity contribution < 1.29 is 8.42 Å². The number of hydrogen-bond acceptors (Lipinski definition) is 4. The first-order chi connectivity index (χ1) is 12.6. The van der Waals surface area contributed by atoms with Crippen LogP contribution in [-0.4, -0.2) is 32.6 Å². The molecule has 0 saturated carbocycles. The zero-order valence-corrected chi connectivity index (χ0v) is 18.7. The van der Waals surface area contributed by atoms with Gasteiger partial charge < -0.3 is 0 Å². The topological polar surface area (TPSA) is 74.1 Å². The van der Waals surface area contributed by atoms with E-state index >= 15 is 0 Å². The Balaban J connectivity index is 3.20. The van der Waals surface area contributed by atoms with Crippen LogP contribution in [0.25, 0.3) is 0 Å². The third-order valence-corrected chi connectivity index (χ3v) is 5.81. The first kappa shape index (κ1) is 23.6. The number of nitrogens with zero attached hydrogens (tertiary/aromatic N) is 3. The van der Waals surface area contributed by atoms with E-state index in [4.69, 9.17) is 0 Å². The summed E-state index contributed by atoms with van der Waals surface area (Å²) in [7, 11) is -3.68. The zero-order valence-electron chi connectivity index (χ0n) is 17.9. The second kappa shape index (κ2) is 10.8. The second-order valence-electron chi connectivity index (χ2n) is 7.88. The van der Waals surface area contributed by atoms with Crippen molar-refractivity contribution in [2.45, 2.75) is 72.2 Å². The average Bonchev–Trinajstić information content (AvgIpc) is 2.53. The monoisotopic (exact) mass is 396 g/mol. The summed E-state index contributed by atoms with van der Waals surface area (Å²) in [6.07, 6.45) is 1.61. The maximum absolute atomic E-state index is 13.1. The molecule has 1 aromatic carbocycles. The molecule has 0 aliphatic heterocycles. The van der Waals surface area contributed by atoms with Gasteiger partial charge in [0.2, 0.25) is 10.0 Å². The standard InChI is InChI=1S/C20H36N4O2S/c1-8-24(9-2)23-21-19-14-17(7)10-11-20(19)27(25,26)22-18(12-15(3)4)13-16(5)6/h10-11,14-16,18,22H,8-9,12-13H2,1-7H3. The third-order valence-electron chi connectivity index (χ3n) is 4.25. The van der Waals surface area contributed by atoms with E-state index < -0.39 is 10.0 Å². The van der Waals surface area contributed by atoms with Crippen LogP contribution in [0.4, 0.5) is 5.69 Å². The molecule has 0 saturated heterocycles. The molecule has 0 heterocycles. The van der Waals surface area contributed by atoms with E-state index in [-0.39, 0.29) is 10.9 Å². The molecule has 0 spiro atoms. The van der Waals surface area contributed by atoms with Gasteiger partial charge in [-0.2, -0.15) is 0 Å². The van der Waals surface area contributed by atoms with Crippen LogP contribution >= 0.6 is 0 Å². The molecule has 0 aliphatic carbocycles. The summed E-state index contributed by atoms with van der Waals surface area (Å²) in [4.78, 5) is 0.182. The van der Waals surface area contributed by atoms with Crippen LogP contribution in [-0.2, 0) is 10.0 Å². The fraction of sp³-hybridized carbons (Fsp3) is 0.700. The van der Waals surface area contributed by atoms with Crippen molar-refractivity contribution in [3.05, 3.63) is 23.8 Å². The molecular weight excluding hydrogens is 360 g/mol. The van der Waals surface area contributed by atoms with Gasteiger partial charge in [-0.15, -0.1) is 5.11 Å². The molecule has 0 bridgehead atoms. The Kier molecular flexibility index (Phi) is 9.39. The Labute approximate surface area is 165 Å². The van der Waals surface area contributed by atoms with Crippen molar-refractivity contribution in [2.75, 3.05) is 13.1 Å². The summed E-state index contributed by atoms with van der Waals surface area (Å²) in [5, 5.41) is 10.2. The predicted octanol–water partition coefficient (Wildman–Crippen LogP) is 5.07. The summed E-state index contributed by atoms with van der Waals surface area (Å²) < 4.78 is 29.1. The van der Waals surface area contributed by atoms with Crippen LogP contribution in [0.2, 0.25) is 0 Å². The number of benzene rings is 1. The third kappa shape index (κ3) is 7.97. The van der Waals surface area contributed by atoms with Crippen molar-refractivity contribution in [3.63, 3.8) is 0 Å². The molecule has 0 unspecified atom stereocenters. The lowest BCUT2D eigenvalue weighted by Crippen LogP contribution is -2.36. The maximum Gasteiger partial charge on any atom is 0.243 e. The summed E-state index contributed by atoms with van der Waals surface area (Å²) in [6, 6.07) is 5.09. The average molecular weight is 397 g/mol.